The number of esters is 1. The fourth-order valence-electron chi connectivity index (χ4n) is 1.06. The summed E-state index contributed by atoms with van der Waals surface area (Å²) in [7, 11) is 2.65. The predicted molar refractivity (Wildman–Crippen MR) is 50.4 cm³/mol. The molecule has 5 heteroatoms. The number of nitrogens with two attached hydrogens (primary N) is 1. The molecule has 0 saturated heterocycles. The molecule has 0 bridgehead atoms. The van der Waals surface area contributed by atoms with Crippen LogP contribution in [0.2, 0.25) is 0 Å². The summed E-state index contributed by atoms with van der Waals surface area (Å²) in [6.45, 7) is 0. The zero-order chi connectivity index (χ0) is 10.7. The maximum absolute atomic E-state index is 11.2. The van der Waals surface area contributed by atoms with Crippen molar-refractivity contribution in [2.45, 2.75) is 0 Å². The first-order chi connectivity index (χ1) is 6.60. The highest BCUT2D eigenvalue weighted by Crippen LogP contribution is 2.29. The Morgan fingerprint density at radius 3 is 2.50 bits per heavy atom. The van der Waals surface area contributed by atoms with Crippen LogP contribution < -0.4 is 10.5 Å². The van der Waals surface area contributed by atoms with E-state index < -0.39 is 5.97 Å². The summed E-state index contributed by atoms with van der Waals surface area (Å²) < 4.78 is 9.30. The second-order valence-corrected chi connectivity index (χ2v) is 2.60. The normalized spacial score (nSPS) is 9.57. The van der Waals surface area contributed by atoms with E-state index in [1.165, 1.54) is 26.4 Å². The molecule has 0 radical (unpaired) electrons. The Morgan fingerprint density at radius 2 is 2.07 bits per heavy atom. The highest BCUT2D eigenvalue weighted by molar-refractivity contribution is 5.98. The molecular weight excluding hydrogens is 186 g/mol. The third-order valence-electron chi connectivity index (χ3n) is 1.75. The van der Waals surface area contributed by atoms with Crippen molar-refractivity contribution in [3.63, 3.8) is 0 Å². The maximum atomic E-state index is 11.2. The molecule has 0 unspecified atom stereocenters. The fraction of sp³-hybridized carbons (Fsp3) is 0.222. The Balaban J connectivity index is 3.25. The van der Waals surface area contributed by atoms with Gasteiger partial charge >= 0.3 is 5.97 Å². The lowest BCUT2D eigenvalue weighted by Gasteiger charge is -2.08. The van der Waals surface area contributed by atoms with Gasteiger partial charge in [-0.1, -0.05) is 0 Å². The zero-order valence-corrected chi connectivity index (χ0v) is 7.90. The van der Waals surface area contributed by atoms with Crippen molar-refractivity contribution in [2.24, 2.45) is 0 Å². The summed E-state index contributed by atoms with van der Waals surface area (Å²) in [5.74, 6) is -0.552. The molecular formula is C9H11NO4. The number of phenols is 1. The number of carbonyl (C=O) groups excluding carboxylic acids is 1. The minimum atomic E-state index is -0.678. The van der Waals surface area contributed by atoms with Crippen LogP contribution in [0.15, 0.2) is 12.1 Å². The van der Waals surface area contributed by atoms with Gasteiger partial charge in [-0.15, -0.1) is 0 Å². The number of ether oxygens (including phenoxy) is 2. The van der Waals surface area contributed by atoms with Gasteiger partial charge in [0.25, 0.3) is 0 Å². The van der Waals surface area contributed by atoms with Crippen LogP contribution in [-0.2, 0) is 4.74 Å². The topological polar surface area (TPSA) is 81.8 Å². The van der Waals surface area contributed by atoms with Gasteiger partial charge in [-0.05, 0) is 0 Å². The summed E-state index contributed by atoms with van der Waals surface area (Å²) in [6, 6.07) is 2.73. The van der Waals surface area contributed by atoms with E-state index >= 15 is 0 Å². The number of hydrogen-bond acceptors (Lipinski definition) is 5. The van der Waals surface area contributed by atoms with Crippen molar-refractivity contribution in [2.75, 3.05) is 20.0 Å². The molecule has 0 aromatic heterocycles. The SMILES string of the molecule is COC(=O)c1c(N)cc(OC)cc1O. The van der Waals surface area contributed by atoms with E-state index in [2.05, 4.69) is 4.74 Å². The van der Waals surface area contributed by atoms with Crippen LogP contribution in [0.3, 0.4) is 0 Å². The summed E-state index contributed by atoms with van der Waals surface area (Å²) in [6.07, 6.45) is 0. The van der Waals surface area contributed by atoms with E-state index in [-0.39, 0.29) is 17.0 Å². The van der Waals surface area contributed by atoms with E-state index in [0.29, 0.717) is 5.75 Å². The van der Waals surface area contributed by atoms with Crippen molar-refractivity contribution in [1.29, 1.82) is 0 Å². The van der Waals surface area contributed by atoms with Crippen molar-refractivity contribution in [3.8, 4) is 11.5 Å². The summed E-state index contributed by atoms with van der Waals surface area (Å²) >= 11 is 0. The molecule has 76 valence electrons. The minimum absolute atomic E-state index is 0.0479. The summed E-state index contributed by atoms with van der Waals surface area (Å²) in [5, 5.41) is 9.44. The van der Waals surface area contributed by atoms with Crippen molar-refractivity contribution in [3.05, 3.63) is 17.7 Å². The molecule has 14 heavy (non-hydrogen) atoms. The van der Waals surface area contributed by atoms with Crippen LogP contribution in [0.5, 0.6) is 11.5 Å². The Kier molecular flexibility index (Phi) is 2.81. The van der Waals surface area contributed by atoms with Gasteiger partial charge in [0.2, 0.25) is 0 Å². The first kappa shape index (κ1) is 10.2. The molecule has 0 saturated carbocycles. The molecule has 0 amide bonds. The van der Waals surface area contributed by atoms with E-state index in [1.807, 2.05) is 0 Å². The predicted octanol–water partition coefficient (Wildman–Crippen LogP) is 0.770. The molecule has 0 atom stereocenters. The van der Waals surface area contributed by atoms with Gasteiger partial charge in [-0.25, -0.2) is 4.79 Å². The first-order valence-corrected chi connectivity index (χ1v) is 3.85. The van der Waals surface area contributed by atoms with Gasteiger partial charge < -0.3 is 20.3 Å². The molecule has 1 aromatic rings. The van der Waals surface area contributed by atoms with E-state index in [0.717, 1.165) is 0 Å². The highest BCUT2D eigenvalue weighted by Gasteiger charge is 2.16. The Bertz CT molecular complexity index is 339. The molecule has 0 aliphatic carbocycles. The van der Waals surface area contributed by atoms with E-state index in [9.17, 15) is 9.90 Å². The maximum Gasteiger partial charge on any atom is 0.343 e. The number of methoxy groups -OCH3 is 2. The van der Waals surface area contributed by atoms with Gasteiger partial charge in [0, 0.05) is 12.1 Å². The first-order valence-electron chi connectivity index (χ1n) is 3.85. The Hall–Kier alpha value is -1.91. The minimum Gasteiger partial charge on any atom is -0.507 e. The molecule has 3 N–H and O–H groups in total. The molecule has 0 spiro atoms. The van der Waals surface area contributed by atoms with E-state index in [1.54, 1.807) is 0 Å². The number of carbonyl (C=O) groups is 1. The van der Waals surface area contributed by atoms with Crippen LogP contribution in [-0.4, -0.2) is 25.3 Å². The molecule has 0 heterocycles. The molecule has 0 fully saturated rings. The molecule has 5 nitrogen and oxygen atoms in total. The zero-order valence-electron chi connectivity index (χ0n) is 7.90. The number of rotatable bonds is 2. The lowest BCUT2D eigenvalue weighted by molar-refractivity contribution is 0.0598. The largest absolute Gasteiger partial charge is 0.507 e. The number of benzene rings is 1. The van der Waals surface area contributed by atoms with Crippen molar-refractivity contribution in [1.82, 2.24) is 0 Å². The van der Waals surface area contributed by atoms with Gasteiger partial charge in [-0.2, -0.15) is 0 Å². The van der Waals surface area contributed by atoms with Gasteiger partial charge in [0.15, 0.2) is 0 Å². The van der Waals surface area contributed by atoms with Crippen LogP contribution in [0, 0.1) is 0 Å². The molecule has 1 aromatic carbocycles. The van der Waals surface area contributed by atoms with Gasteiger partial charge in [0.05, 0.1) is 19.9 Å². The molecule has 1 rings (SSSR count). The number of hydrogen-bond donors (Lipinski definition) is 2. The fourth-order valence-corrected chi connectivity index (χ4v) is 1.06. The molecule has 0 aliphatic rings. The average molecular weight is 197 g/mol. The quantitative estimate of drug-likeness (QED) is 0.540. The second-order valence-electron chi connectivity index (χ2n) is 2.60. The Labute approximate surface area is 81.0 Å². The summed E-state index contributed by atoms with van der Waals surface area (Å²) in [5.41, 5.74) is 5.60. The van der Waals surface area contributed by atoms with Crippen molar-refractivity contribution >= 4 is 11.7 Å². The number of nitrogen functional groups attached to an aromatic ring is 1. The standard InChI is InChI=1S/C9H11NO4/c1-13-5-3-6(10)8(7(11)4-5)9(12)14-2/h3-4,11H,10H2,1-2H3. The summed E-state index contributed by atoms with van der Waals surface area (Å²) in [4.78, 5) is 11.2. The average Bonchev–Trinajstić information content (AvgIpc) is 2.16. The van der Waals surface area contributed by atoms with Crippen LogP contribution >= 0.6 is 0 Å². The number of phenolic OH excluding ortho intramolecular Hbond substituents is 1. The lowest BCUT2D eigenvalue weighted by Crippen LogP contribution is -2.06. The number of aromatic hydroxyl groups is 1. The monoisotopic (exact) mass is 197 g/mol. The van der Waals surface area contributed by atoms with E-state index in [4.69, 9.17) is 10.5 Å². The number of anilines is 1. The third kappa shape index (κ3) is 1.71. The molecule has 0 aliphatic heterocycles. The van der Waals surface area contributed by atoms with Gasteiger partial charge in [0.1, 0.15) is 17.1 Å². The second kappa shape index (κ2) is 3.87. The van der Waals surface area contributed by atoms with Crippen molar-refractivity contribution < 1.29 is 19.4 Å². The highest BCUT2D eigenvalue weighted by atomic mass is 16.5. The van der Waals surface area contributed by atoms with Crippen LogP contribution in [0.1, 0.15) is 10.4 Å². The van der Waals surface area contributed by atoms with Gasteiger partial charge in [-0.3, -0.25) is 0 Å². The smallest absolute Gasteiger partial charge is 0.343 e. The third-order valence-corrected chi connectivity index (χ3v) is 1.75. The van der Waals surface area contributed by atoms with Crippen LogP contribution in [0.25, 0.3) is 0 Å². The van der Waals surface area contributed by atoms with Crippen LogP contribution in [0.4, 0.5) is 5.69 Å². The lowest BCUT2D eigenvalue weighted by atomic mass is 10.1. The Morgan fingerprint density at radius 1 is 1.43 bits per heavy atom.